The number of aliphatic hydroxyl groups is 2. The van der Waals surface area contributed by atoms with Crippen LogP contribution in [0.4, 0.5) is 0 Å². The fourth-order valence-corrected chi connectivity index (χ4v) is 2.89. The summed E-state index contributed by atoms with van der Waals surface area (Å²) in [5.41, 5.74) is 0. The summed E-state index contributed by atoms with van der Waals surface area (Å²) in [5, 5.41) is 21.6. The van der Waals surface area contributed by atoms with Crippen molar-refractivity contribution in [1.82, 2.24) is 0 Å². The molecular formula is C19H32O9. The van der Waals surface area contributed by atoms with Crippen molar-refractivity contribution in [2.24, 2.45) is 5.92 Å². The molecule has 1 saturated carbocycles. The number of aliphatic hydroxyl groups excluding tert-OH is 2. The zero-order chi connectivity index (χ0) is 19.3. The summed E-state index contributed by atoms with van der Waals surface area (Å²) in [6, 6.07) is 0. The molecule has 9 nitrogen and oxygen atoms in total. The van der Waals surface area contributed by atoms with Gasteiger partial charge >= 0.3 is 0 Å². The van der Waals surface area contributed by atoms with Crippen molar-refractivity contribution >= 4 is 0 Å². The molecule has 0 aromatic rings. The highest BCUT2D eigenvalue weighted by atomic mass is 16.6. The Balaban J connectivity index is 1.29. The van der Waals surface area contributed by atoms with Crippen molar-refractivity contribution in [3.63, 3.8) is 0 Å². The minimum atomic E-state index is -1.07. The van der Waals surface area contributed by atoms with Gasteiger partial charge in [0.25, 0.3) is 0 Å². The lowest BCUT2D eigenvalue weighted by Gasteiger charge is -2.32. The van der Waals surface area contributed by atoms with E-state index in [0.717, 1.165) is 0 Å². The molecule has 28 heavy (non-hydrogen) atoms. The molecule has 3 saturated heterocycles. The van der Waals surface area contributed by atoms with E-state index in [-0.39, 0.29) is 31.5 Å². The molecule has 9 heteroatoms. The Labute approximate surface area is 165 Å². The third kappa shape index (κ3) is 7.47. The van der Waals surface area contributed by atoms with E-state index in [4.69, 9.17) is 33.2 Å². The Kier molecular flexibility index (Phi) is 7.54. The van der Waals surface area contributed by atoms with Crippen molar-refractivity contribution in [2.45, 2.75) is 55.6 Å². The molecule has 0 bridgehead atoms. The average molecular weight is 404 g/mol. The summed E-state index contributed by atoms with van der Waals surface area (Å²) in [5.74, 6) is 0.601. The Morgan fingerprint density at radius 3 is 1.93 bits per heavy atom. The molecule has 3 aliphatic heterocycles. The maximum Gasteiger partial charge on any atom is 0.114 e. The average Bonchev–Trinajstić information content (AvgIpc) is 3.53. The first-order valence-electron chi connectivity index (χ1n) is 10.3. The van der Waals surface area contributed by atoms with Gasteiger partial charge < -0.3 is 43.4 Å². The van der Waals surface area contributed by atoms with Gasteiger partial charge in [0.2, 0.25) is 0 Å². The lowest BCUT2D eigenvalue weighted by Crippen LogP contribution is -2.51. The number of ether oxygens (including phenoxy) is 7. The monoisotopic (exact) mass is 404 g/mol. The molecule has 4 rings (SSSR count). The van der Waals surface area contributed by atoms with Crippen LogP contribution in [0.2, 0.25) is 0 Å². The summed E-state index contributed by atoms with van der Waals surface area (Å²) < 4.78 is 38.4. The van der Waals surface area contributed by atoms with Gasteiger partial charge in [-0.15, -0.1) is 0 Å². The summed E-state index contributed by atoms with van der Waals surface area (Å²) in [6.45, 7) is 4.08. The quantitative estimate of drug-likeness (QED) is 0.298. The zero-order valence-electron chi connectivity index (χ0n) is 16.1. The molecular weight excluding hydrogens is 372 g/mol. The predicted octanol–water partition coefficient (Wildman–Crippen LogP) is -0.882. The van der Waals surface area contributed by atoms with Crippen LogP contribution < -0.4 is 0 Å². The fourth-order valence-electron chi connectivity index (χ4n) is 2.89. The molecule has 0 radical (unpaired) electrons. The predicted molar refractivity (Wildman–Crippen MR) is 95.1 cm³/mol. The second-order valence-electron chi connectivity index (χ2n) is 8.11. The first-order valence-corrected chi connectivity index (χ1v) is 10.3. The van der Waals surface area contributed by atoms with Gasteiger partial charge in [-0.1, -0.05) is 0 Å². The molecule has 1 aliphatic carbocycles. The molecule has 162 valence electrons. The van der Waals surface area contributed by atoms with Crippen LogP contribution in [0, 0.1) is 5.92 Å². The number of epoxide rings is 3. The third-order valence-electron chi connectivity index (χ3n) is 5.20. The summed E-state index contributed by atoms with van der Waals surface area (Å²) >= 11 is 0. The van der Waals surface area contributed by atoms with Crippen LogP contribution in [0.1, 0.15) is 12.8 Å². The van der Waals surface area contributed by atoms with E-state index >= 15 is 0 Å². The van der Waals surface area contributed by atoms with Crippen molar-refractivity contribution in [3.8, 4) is 0 Å². The van der Waals surface area contributed by atoms with E-state index in [9.17, 15) is 10.2 Å². The molecule has 4 fully saturated rings. The highest BCUT2D eigenvalue weighted by molar-refractivity contribution is 4.86. The zero-order valence-corrected chi connectivity index (χ0v) is 16.1. The number of rotatable bonds is 17. The largest absolute Gasteiger partial charge is 0.388 e. The van der Waals surface area contributed by atoms with Crippen molar-refractivity contribution < 1.29 is 43.4 Å². The van der Waals surface area contributed by atoms with Gasteiger partial charge in [0.1, 0.15) is 42.7 Å². The second kappa shape index (κ2) is 10.1. The molecule has 4 aliphatic rings. The van der Waals surface area contributed by atoms with Gasteiger partial charge in [0, 0.05) is 6.61 Å². The van der Waals surface area contributed by atoms with Crippen molar-refractivity contribution in [3.05, 3.63) is 0 Å². The number of hydrogen-bond acceptors (Lipinski definition) is 9. The smallest absolute Gasteiger partial charge is 0.114 e. The van der Waals surface area contributed by atoms with E-state index in [2.05, 4.69) is 0 Å². The van der Waals surface area contributed by atoms with E-state index in [1.54, 1.807) is 0 Å². The Morgan fingerprint density at radius 2 is 1.32 bits per heavy atom. The van der Waals surface area contributed by atoms with Gasteiger partial charge in [0.15, 0.2) is 0 Å². The van der Waals surface area contributed by atoms with E-state index in [1.807, 2.05) is 0 Å². The van der Waals surface area contributed by atoms with Crippen LogP contribution in [0.5, 0.6) is 0 Å². The van der Waals surface area contributed by atoms with Gasteiger partial charge in [0.05, 0.1) is 52.9 Å². The van der Waals surface area contributed by atoms with E-state index in [1.165, 1.54) is 12.8 Å². The molecule has 0 spiro atoms. The molecule has 2 N–H and O–H groups in total. The first-order chi connectivity index (χ1) is 13.7. The lowest BCUT2D eigenvalue weighted by atomic mass is 10.0. The topological polar surface area (TPSA) is 115 Å². The molecule has 0 amide bonds. The Morgan fingerprint density at radius 1 is 0.750 bits per heavy atom. The molecule has 0 aromatic heterocycles. The van der Waals surface area contributed by atoms with Crippen LogP contribution >= 0.6 is 0 Å². The van der Waals surface area contributed by atoms with Crippen LogP contribution in [0.3, 0.4) is 0 Å². The summed E-state index contributed by atoms with van der Waals surface area (Å²) in [6.07, 6.45) is -0.966. The minimum Gasteiger partial charge on any atom is -0.388 e. The van der Waals surface area contributed by atoms with Gasteiger partial charge in [-0.25, -0.2) is 0 Å². The van der Waals surface area contributed by atoms with E-state index in [0.29, 0.717) is 52.2 Å². The maximum atomic E-state index is 10.9. The Bertz CT molecular complexity index is 462. The highest BCUT2D eigenvalue weighted by Gasteiger charge is 2.38. The fraction of sp³-hybridized carbons (Fsp3) is 1.00. The van der Waals surface area contributed by atoms with Gasteiger partial charge in [-0.05, 0) is 18.8 Å². The SMILES string of the molecule is O[C@@H]([C@H](OCC1CO1)[C@H](O)COCC1CC1)[C@H](COCC1CO1)OCC1CO1. The lowest BCUT2D eigenvalue weighted by molar-refractivity contribution is -0.171. The second-order valence-corrected chi connectivity index (χ2v) is 8.11. The normalized spacial score (nSPS) is 32.6. The standard InChI is InChI=1S/C19H32O9/c20-16(10-22-3-12-1-2-12)19(28-9-15-7-26-15)18(21)17(27-8-14-6-25-14)11-23-4-13-5-24-13/h12-21H,1-11H2/t13?,14?,15?,16-,17+,18-,19-/m1/s1. The van der Waals surface area contributed by atoms with Crippen molar-refractivity contribution in [1.29, 1.82) is 0 Å². The molecule has 7 atom stereocenters. The highest BCUT2D eigenvalue weighted by Crippen LogP contribution is 2.29. The molecule has 3 heterocycles. The maximum absolute atomic E-state index is 10.9. The van der Waals surface area contributed by atoms with Crippen LogP contribution in [-0.4, -0.2) is 112 Å². The third-order valence-corrected chi connectivity index (χ3v) is 5.20. The molecule has 3 unspecified atom stereocenters. The van der Waals surface area contributed by atoms with Crippen LogP contribution in [-0.2, 0) is 33.2 Å². The first kappa shape index (κ1) is 20.9. The van der Waals surface area contributed by atoms with Crippen LogP contribution in [0.25, 0.3) is 0 Å². The van der Waals surface area contributed by atoms with E-state index < -0.39 is 24.4 Å². The van der Waals surface area contributed by atoms with Crippen LogP contribution in [0.15, 0.2) is 0 Å². The summed E-state index contributed by atoms with van der Waals surface area (Å²) in [4.78, 5) is 0. The number of hydrogen-bond donors (Lipinski definition) is 2. The Hall–Kier alpha value is -0.360. The minimum absolute atomic E-state index is 0.0248. The van der Waals surface area contributed by atoms with Gasteiger partial charge in [-0.3, -0.25) is 0 Å². The summed E-state index contributed by atoms with van der Waals surface area (Å²) in [7, 11) is 0. The molecule has 0 aromatic carbocycles. The van der Waals surface area contributed by atoms with Crippen molar-refractivity contribution in [2.75, 3.05) is 59.5 Å². The van der Waals surface area contributed by atoms with Gasteiger partial charge in [-0.2, -0.15) is 0 Å².